The molecule has 1 aliphatic heterocycles. The number of hydrogen-bond donors (Lipinski definition) is 1. The van der Waals surface area contributed by atoms with Crippen molar-refractivity contribution in [1.82, 2.24) is 4.90 Å². The molecule has 94 valence electrons. The van der Waals surface area contributed by atoms with E-state index < -0.39 is 0 Å². The lowest BCUT2D eigenvalue weighted by molar-refractivity contribution is 0.274. The molecule has 2 rings (SSSR count). The fourth-order valence-corrected chi connectivity index (χ4v) is 2.96. The topological polar surface area (TPSA) is 29.3 Å². The largest absolute Gasteiger partial charge is 0.330 e. The minimum Gasteiger partial charge on any atom is -0.330 e. The lowest BCUT2D eigenvalue weighted by atomic mass is 9.90. The van der Waals surface area contributed by atoms with E-state index in [4.69, 9.17) is 28.9 Å². The lowest BCUT2D eigenvalue weighted by Crippen LogP contribution is -2.31. The number of rotatable bonds is 3. The van der Waals surface area contributed by atoms with Crippen molar-refractivity contribution in [2.45, 2.75) is 19.9 Å². The Kier molecular flexibility index (Phi) is 3.99. The minimum absolute atomic E-state index is 0.266. The average molecular weight is 273 g/mol. The molecule has 2 nitrogen and oxygen atoms in total. The summed E-state index contributed by atoms with van der Waals surface area (Å²) in [6, 6.07) is 5.72. The third-order valence-corrected chi connectivity index (χ3v) is 3.89. The van der Waals surface area contributed by atoms with Crippen LogP contribution in [0.4, 0.5) is 0 Å². The fraction of sp³-hybridized carbons (Fsp3) is 0.538. The molecule has 1 aromatic carbocycles. The van der Waals surface area contributed by atoms with Crippen LogP contribution >= 0.6 is 23.2 Å². The van der Waals surface area contributed by atoms with Crippen LogP contribution in [0.5, 0.6) is 0 Å². The van der Waals surface area contributed by atoms with Crippen LogP contribution < -0.4 is 5.73 Å². The van der Waals surface area contributed by atoms with Gasteiger partial charge in [0.25, 0.3) is 0 Å². The molecule has 1 atom stereocenters. The highest BCUT2D eigenvalue weighted by atomic mass is 35.5. The van der Waals surface area contributed by atoms with Crippen molar-refractivity contribution in [3.63, 3.8) is 0 Å². The van der Waals surface area contributed by atoms with Crippen LogP contribution in [0.15, 0.2) is 18.2 Å². The zero-order chi connectivity index (χ0) is 12.5. The molecular formula is C13H18Cl2N2. The van der Waals surface area contributed by atoms with Gasteiger partial charge in [-0.3, -0.25) is 4.90 Å². The molecule has 0 spiro atoms. The Balaban J connectivity index is 2.02. The van der Waals surface area contributed by atoms with Gasteiger partial charge >= 0.3 is 0 Å². The van der Waals surface area contributed by atoms with Crippen molar-refractivity contribution >= 4 is 23.2 Å². The summed E-state index contributed by atoms with van der Waals surface area (Å²) in [6.45, 7) is 6.04. The van der Waals surface area contributed by atoms with Crippen LogP contribution in [0.25, 0.3) is 0 Å². The first kappa shape index (κ1) is 13.2. The molecule has 1 fully saturated rings. The van der Waals surface area contributed by atoms with Crippen molar-refractivity contribution < 1.29 is 0 Å². The van der Waals surface area contributed by atoms with Crippen LogP contribution in [0.3, 0.4) is 0 Å². The van der Waals surface area contributed by atoms with E-state index in [9.17, 15) is 0 Å². The number of hydrogen-bond acceptors (Lipinski definition) is 2. The molecule has 0 bridgehead atoms. The highest BCUT2D eigenvalue weighted by Crippen LogP contribution is 2.30. The Morgan fingerprint density at radius 1 is 1.29 bits per heavy atom. The van der Waals surface area contributed by atoms with Gasteiger partial charge in [0.2, 0.25) is 0 Å². The van der Waals surface area contributed by atoms with E-state index in [1.807, 2.05) is 12.1 Å². The molecule has 1 saturated heterocycles. The first-order valence-corrected chi connectivity index (χ1v) is 6.64. The number of nitrogens with two attached hydrogens (primary N) is 1. The Morgan fingerprint density at radius 2 is 1.94 bits per heavy atom. The van der Waals surface area contributed by atoms with Gasteiger partial charge in [-0.1, -0.05) is 30.1 Å². The van der Waals surface area contributed by atoms with E-state index in [2.05, 4.69) is 11.8 Å². The van der Waals surface area contributed by atoms with Gasteiger partial charge in [0.1, 0.15) is 0 Å². The summed E-state index contributed by atoms with van der Waals surface area (Å²) in [5.41, 5.74) is 7.24. The van der Waals surface area contributed by atoms with Crippen molar-refractivity contribution in [3.8, 4) is 0 Å². The van der Waals surface area contributed by atoms with Gasteiger partial charge in [-0.25, -0.2) is 0 Å². The first-order valence-electron chi connectivity index (χ1n) is 5.88. The summed E-state index contributed by atoms with van der Waals surface area (Å²) in [6.07, 6.45) is 1.16. The second-order valence-corrected chi connectivity index (χ2v) is 6.13. The van der Waals surface area contributed by atoms with Gasteiger partial charge in [-0.2, -0.15) is 0 Å². The molecule has 1 heterocycles. The highest BCUT2D eigenvalue weighted by molar-refractivity contribution is 6.34. The number of nitrogens with zero attached hydrogens (tertiary/aromatic N) is 1. The summed E-state index contributed by atoms with van der Waals surface area (Å²) in [7, 11) is 0. The van der Waals surface area contributed by atoms with Crippen molar-refractivity contribution in [1.29, 1.82) is 0 Å². The van der Waals surface area contributed by atoms with E-state index in [1.54, 1.807) is 6.07 Å². The SMILES string of the molecule is CC1(CN)CCN(Cc2cc(Cl)cc(Cl)c2)C1. The molecule has 1 unspecified atom stereocenters. The summed E-state index contributed by atoms with van der Waals surface area (Å²) in [4.78, 5) is 2.41. The molecule has 0 radical (unpaired) electrons. The number of halogens is 2. The van der Waals surface area contributed by atoms with Crippen molar-refractivity contribution in [3.05, 3.63) is 33.8 Å². The van der Waals surface area contributed by atoms with Crippen LogP contribution in [0.2, 0.25) is 10.0 Å². The second kappa shape index (κ2) is 5.15. The summed E-state index contributed by atoms with van der Waals surface area (Å²) >= 11 is 12.0. The van der Waals surface area contributed by atoms with Gasteiger partial charge in [0, 0.05) is 23.1 Å². The van der Waals surface area contributed by atoms with Crippen molar-refractivity contribution in [2.24, 2.45) is 11.1 Å². The first-order chi connectivity index (χ1) is 8.00. The molecule has 4 heteroatoms. The predicted molar refractivity (Wildman–Crippen MR) is 73.5 cm³/mol. The van der Waals surface area contributed by atoms with Gasteiger partial charge in [0.15, 0.2) is 0 Å². The zero-order valence-electron chi connectivity index (χ0n) is 10.0. The van der Waals surface area contributed by atoms with Gasteiger partial charge < -0.3 is 5.73 Å². The summed E-state index contributed by atoms with van der Waals surface area (Å²) in [5, 5.41) is 1.40. The maximum absolute atomic E-state index is 6.00. The minimum atomic E-state index is 0.266. The van der Waals surface area contributed by atoms with Gasteiger partial charge in [-0.15, -0.1) is 0 Å². The molecule has 2 N–H and O–H groups in total. The predicted octanol–water partition coefficient (Wildman–Crippen LogP) is 3.16. The standard InChI is InChI=1S/C13H18Cl2N2/c1-13(8-16)2-3-17(9-13)7-10-4-11(14)6-12(15)5-10/h4-6H,2-3,7-9,16H2,1H3. The molecule has 1 aliphatic rings. The van der Waals surface area contributed by atoms with Crippen LogP contribution in [-0.2, 0) is 6.54 Å². The average Bonchev–Trinajstić information content (AvgIpc) is 2.59. The van der Waals surface area contributed by atoms with Crippen molar-refractivity contribution in [2.75, 3.05) is 19.6 Å². The van der Waals surface area contributed by atoms with Gasteiger partial charge in [-0.05, 0) is 48.7 Å². The second-order valence-electron chi connectivity index (χ2n) is 5.25. The molecular weight excluding hydrogens is 255 g/mol. The van der Waals surface area contributed by atoms with E-state index in [1.165, 1.54) is 5.56 Å². The molecule has 0 saturated carbocycles. The molecule has 0 amide bonds. The molecule has 17 heavy (non-hydrogen) atoms. The maximum Gasteiger partial charge on any atom is 0.0424 e. The van der Waals surface area contributed by atoms with Crippen LogP contribution in [0.1, 0.15) is 18.9 Å². The third kappa shape index (κ3) is 3.35. The van der Waals surface area contributed by atoms with Crippen LogP contribution in [-0.4, -0.2) is 24.5 Å². The molecule has 0 aromatic heterocycles. The third-order valence-electron chi connectivity index (χ3n) is 3.46. The zero-order valence-corrected chi connectivity index (χ0v) is 11.6. The van der Waals surface area contributed by atoms with E-state index in [0.717, 1.165) is 32.6 Å². The fourth-order valence-electron chi connectivity index (χ4n) is 2.39. The van der Waals surface area contributed by atoms with E-state index in [-0.39, 0.29) is 5.41 Å². The lowest BCUT2D eigenvalue weighted by Gasteiger charge is -2.22. The Labute approximate surface area is 113 Å². The highest BCUT2D eigenvalue weighted by Gasteiger charge is 2.32. The number of benzene rings is 1. The quantitative estimate of drug-likeness (QED) is 0.916. The molecule has 1 aromatic rings. The Hall–Kier alpha value is -0.280. The van der Waals surface area contributed by atoms with E-state index in [0.29, 0.717) is 10.0 Å². The summed E-state index contributed by atoms with van der Waals surface area (Å²) in [5.74, 6) is 0. The maximum atomic E-state index is 6.00. The Bertz CT molecular complexity index is 388. The summed E-state index contributed by atoms with van der Waals surface area (Å²) < 4.78 is 0. The van der Waals surface area contributed by atoms with E-state index >= 15 is 0 Å². The van der Waals surface area contributed by atoms with Crippen LogP contribution in [0, 0.1) is 5.41 Å². The molecule has 0 aliphatic carbocycles. The smallest absolute Gasteiger partial charge is 0.0424 e. The monoisotopic (exact) mass is 272 g/mol. The number of likely N-dealkylation sites (tertiary alicyclic amines) is 1. The Morgan fingerprint density at radius 3 is 2.47 bits per heavy atom. The normalized spacial score (nSPS) is 25.4. The van der Waals surface area contributed by atoms with Gasteiger partial charge in [0.05, 0.1) is 0 Å².